The number of rotatable bonds is 8. The summed E-state index contributed by atoms with van der Waals surface area (Å²) in [6.07, 6.45) is 1.80. The van der Waals surface area contributed by atoms with Gasteiger partial charge in [-0.3, -0.25) is 4.79 Å². The molecule has 0 aromatic heterocycles. The molecule has 1 fully saturated rings. The van der Waals surface area contributed by atoms with Crippen LogP contribution in [0.15, 0.2) is 60.7 Å². The highest BCUT2D eigenvalue weighted by Crippen LogP contribution is 2.39. The van der Waals surface area contributed by atoms with Crippen LogP contribution in [0, 0.1) is 5.92 Å². The Morgan fingerprint density at radius 1 is 1.12 bits per heavy atom. The van der Waals surface area contributed by atoms with Gasteiger partial charge in [0, 0.05) is 0 Å². The molecule has 2 N–H and O–H groups in total. The Morgan fingerprint density at radius 3 is 2.08 bits per heavy atom. The number of aliphatic hydroxyl groups is 1. The van der Waals surface area contributed by atoms with E-state index < -0.39 is 5.54 Å². The molecule has 3 rings (SSSR count). The molecule has 132 valence electrons. The largest absolute Gasteiger partial charge is 0.394 e. The van der Waals surface area contributed by atoms with Crippen molar-refractivity contribution in [1.29, 1.82) is 0 Å². The second kappa shape index (κ2) is 7.81. The summed E-state index contributed by atoms with van der Waals surface area (Å²) in [4.78, 5) is 12.4. The van der Waals surface area contributed by atoms with Crippen LogP contribution < -0.4 is 5.32 Å². The molecule has 1 unspecified atom stereocenters. The molecule has 1 saturated carbocycles. The lowest BCUT2D eigenvalue weighted by Crippen LogP contribution is -2.51. The molecule has 25 heavy (non-hydrogen) atoms. The van der Waals surface area contributed by atoms with Crippen LogP contribution in [0.25, 0.3) is 0 Å². The van der Waals surface area contributed by atoms with Crippen LogP contribution in [0.2, 0.25) is 0 Å². The summed E-state index contributed by atoms with van der Waals surface area (Å²) in [6, 6.07) is 19.8. The van der Waals surface area contributed by atoms with Crippen molar-refractivity contribution in [2.45, 2.75) is 31.4 Å². The molecule has 0 spiro atoms. The Balaban J connectivity index is 1.68. The lowest BCUT2D eigenvalue weighted by molar-refractivity contribution is -0.129. The minimum Gasteiger partial charge on any atom is -0.394 e. The van der Waals surface area contributed by atoms with Crippen LogP contribution in [-0.4, -0.2) is 29.8 Å². The fourth-order valence-corrected chi connectivity index (χ4v) is 3.15. The van der Waals surface area contributed by atoms with E-state index >= 15 is 0 Å². The molecule has 1 aliphatic rings. The van der Waals surface area contributed by atoms with Crippen molar-refractivity contribution in [1.82, 2.24) is 5.32 Å². The van der Waals surface area contributed by atoms with Crippen LogP contribution in [0.3, 0.4) is 0 Å². The predicted molar refractivity (Wildman–Crippen MR) is 97.0 cm³/mol. The van der Waals surface area contributed by atoms with Gasteiger partial charge in [0.1, 0.15) is 12.7 Å². The summed E-state index contributed by atoms with van der Waals surface area (Å²) < 4.78 is 5.97. The lowest BCUT2D eigenvalue weighted by atomic mass is 9.97. The van der Waals surface area contributed by atoms with E-state index in [-0.39, 0.29) is 25.2 Å². The number of benzene rings is 2. The third-order valence-electron chi connectivity index (χ3n) is 4.82. The monoisotopic (exact) mass is 339 g/mol. The van der Waals surface area contributed by atoms with E-state index in [0.29, 0.717) is 5.92 Å². The van der Waals surface area contributed by atoms with Gasteiger partial charge in [0.2, 0.25) is 5.91 Å². The maximum absolute atomic E-state index is 12.4. The van der Waals surface area contributed by atoms with Crippen molar-refractivity contribution in [3.63, 3.8) is 0 Å². The Morgan fingerprint density at radius 2 is 1.64 bits per heavy atom. The van der Waals surface area contributed by atoms with Crippen molar-refractivity contribution < 1.29 is 14.6 Å². The Labute approximate surface area is 148 Å². The standard InChI is InChI=1S/C21H25NO3/c1-21(15-23,18-12-13-18)22-19(24)14-25-20(16-8-4-2-5-9-16)17-10-6-3-7-11-17/h2-11,18,20,23H,12-15H2,1H3,(H,22,24). The van der Waals surface area contributed by atoms with Gasteiger partial charge in [-0.1, -0.05) is 60.7 Å². The second-order valence-corrected chi connectivity index (χ2v) is 6.91. The minimum absolute atomic E-state index is 0.0449. The minimum atomic E-state index is -0.546. The zero-order valence-corrected chi connectivity index (χ0v) is 14.5. The summed E-state index contributed by atoms with van der Waals surface area (Å²) in [7, 11) is 0. The fraction of sp³-hybridized carbons (Fsp3) is 0.381. The predicted octanol–water partition coefficient (Wildman–Crippen LogP) is 3.07. The number of carbonyl (C=O) groups is 1. The van der Waals surface area contributed by atoms with E-state index in [1.54, 1.807) is 0 Å². The van der Waals surface area contributed by atoms with Gasteiger partial charge in [0.15, 0.2) is 0 Å². The van der Waals surface area contributed by atoms with Gasteiger partial charge in [-0.25, -0.2) is 0 Å². The van der Waals surface area contributed by atoms with Crippen LogP contribution in [0.4, 0.5) is 0 Å². The normalized spacial score (nSPS) is 16.4. The first kappa shape index (κ1) is 17.6. The first-order valence-electron chi connectivity index (χ1n) is 8.76. The zero-order valence-electron chi connectivity index (χ0n) is 14.5. The number of hydrogen-bond acceptors (Lipinski definition) is 3. The summed E-state index contributed by atoms with van der Waals surface area (Å²) in [5.74, 6) is 0.167. The Bertz CT molecular complexity index is 645. The maximum Gasteiger partial charge on any atom is 0.246 e. The van der Waals surface area contributed by atoms with Gasteiger partial charge in [0.05, 0.1) is 12.1 Å². The molecule has 0 bridgehead atoms. The number of amides is 1. The van der Waals surface area contributed by atoms with Gasteiger partial charge >= 0.3 is 0 Å². The van der Waals surface area contributed by atoms with Gasteiger partial charge in [-0.15, -0.1) is 0 Å². The first-order valence-corrected chi connectivity index (χ1v) is 8.76. The fourth-order valence-electron chi connectivity index (χ4n) is 3.15. The third-order valence-corrected chi connectivity index (χ3v) is 4.82. The van der Waals surface area contributed by atoms with E-state index in [4.69, 9.17) is 4.74 Å². The molecule has 0 heterocycles. The van der Waals surface area contributed by atoms with Crippen LogP contribution in [0.5, 0.6) is 0 Å². The lowest BCUT2D eigenvalue weighted by Gasteiger charge is -2.29. The highest BCUT2D eigenvalue weighted by atomic mass is 16.5. The molecular weight excluding hydrogens is 314 g/mol. The molecule has 4 nitrogen and oxygen atoms in total. The smallest absolute Gasteiger partial charge is 0.246 e. The SMILES string of the molecule is CC(CO)(NC(=O)COC(c1ccccc1)c1ccccc1)C1CC1. The summed E-state index contributed by atoms with van der Waals surface area (Å²) in [6.45, 7) is 1.80. The first-order chi connectivity index (χ1) is 12.1. The molecule has 2 aromatic rings. The quantitative estimate of drug-likeness (QED) is 0.777. The van der Waals surface area contributed by atoms with Crippen molar-refractivity contribution in [2.24, 2.45) is 5.92 Å². The third kappa shape index (κ3) is 4.47. The van der Waals surface area contributed by atoms with Gasteiger partial charge in [-0.05, 0) is 36.8 Å². The maximum atomic E-state index is 12.4. The molecule has 1 atom stereocenters. The van der Waals surface area contributed by atoms with E-state index in [1.807, 2.05) is 67.6 Å². The molecule has 1 aliphatic carbocycles. The molecule has 0 radical (unpaired) electrons. The van der Waals surface area contributed by atoms with E-state index in [2.05, 4.69) is 5.32 Å². The molecule has 4 heteroatoms. The topological polar surface area (TPSA) is 58.6 Å². The van der Waals surface area contributed by atoms with Gasteiger partial charge < -0.3 is 15.2 Å². The van der Waals surface area contributed by atoms with E-state index in [1.165, 1.54) is 0 Å². The summed E-state index contributed by atoms with van der Waals surface area (Å²) in [5.41, 5.74) is 1.47. The van der Waals surface area contributed by atoms with Crippen LogP contribution in [-0.2, 0) is 9.53 Å². The Hall–Kier alpha value is -2.17. The average Bonchev–Trinajstić information content (AvgIpc) is 3.49. The number of aliphatic hydroxyl groups excluding tert-OH is 1. The van der Waals surface area contributed by atoms with Gasteiger partial charge in [-0.2, -0.15) is 0 Å². The molecule has 1 amide bonds. The van der Waals surface area contributed by atoms with Crippen molar-refractivity contribution in [3.8, 4) is 0 Å². The van der Waals surface area contributed by atoms with Crippen molar-refractivity contribution in [2.75, 3.05) is 13.2 Å². The molecule has 2 aromatic carbocycles. The zero-order chi connectivity index (χ0) is 17.7. The van der Waals surface area contributed by atoms with E-state index in [0.717, 1.165) is 24.0 Å². The number of carbonyl (C=O) groups excluding carboxylic acids is 1. The van der Waals surface area contributed by atoms with Crippen molar-refractivity contribution in [3.05, 3.63) is 71.8 Å². The molecule has 0 saturated heterocycles. The Kier molecular flexibility index (Phi) is 5.51. The van der Waals surface area contributed by atoms with Crippen molar-refractivity contribution >= 4 is 5.91 Å². The summed E-state index contributed by atoms with van der Waals surface area (Å²) >= 11 is 0. The van der Waals surface area contributed by atoms with Gasteiger partial charge in [0.25, 0.3) is 0 Å². The molecular formula is C21H25NO3. The molecule has 0 aliphatic heterocycles. The van der Waals surface area contributed by atoms with Crippen LogP contribution >= 0.6 is 0 Å². The second-order valence-electron chi connectivity index (χ2n) is 6.91. The number of nitrogens with one attached hydrogen (secondary N) is 1. The number of ether oxygens (including phenoxy) is 1. The van der Waals surface area contributed by atoms with E-state index in [9.17, 15) is 9.90 Å². The number of hydrogen-bond donors (Lipinski definition) is 2. The average molecular weight is 339 g/mol. The highest BCUT2D eigenvalue weighted by molar-refractivity contribution is 5.78. The van der Waals surface area contributed by atoms with Crippen LogP contribution in [0.1, 0.15) is 37.0 Å². The highest BCUT2D eigenvalue weighted by Gasteiger charge is 2.42. The summed E-state index contributed by atoms with van der Waals surface area (Å²) in [5, 5.41) is 12.6.